The summed E-state index contributed by atoms with van der Waals surface area (Å²) in [5.41, 5.74) is 6.59. The Bertz CT molecular complexity index is 529. The normalized spacial score (nSPS) is 13.1. The van der Waals surface area contributed by atoms with E-state index < -0.39 is 0 Å². The minimum absolute atomic E-state index is 0.144. The van der Waals surface area contributed by atoms with Crippen LogP contribution in [-0.4, -0.2) is 5.11 Å². The maximum Gasteiger partial charge on any atom is 0.0684 e. The highest BCUT2D eigenvalue weighted by Gasteiger charge is 2.16. The molecular formula is C15H14O. The Hall–Kier alpha value is -1.60. The summed E-state index contributed by atoms with van der Waals surface area (Å²) in [5.74, 6) is 0. The predicted molar refractivity (Wildman–Crippen MR) is 64.4 cm³/mol. The molecule has 80 valence electrons. The van der Waals surface area contributed by atoms with Crippen LogP contribution in [0.2, 0.25) is 0 Å². The molecule has 0 fully saturated rings. The van der Waals surface area contributed by atoms with E-state index >= 15 is 0 Å². The summed E-state index contributed by atoms with van der Waals surface area (Å²) in [5, 5.41) is 9.34. The third-order valence-electron chi connectivity index (χ3n) is 3.41. The van der Waals surface area contributed by atoms with Crippen molar-refractivity contribution in [2.24, 2.45) is 0 Å². The van der Waals surface area contributed by atoms with E-state index in [1.54, 1.807) is 0 Å². The minimum atomic E-state index is 0.144. The molecular weight excluding hydrogens is 196 g/mol. The summed E-state index contributed by atoms with van der Waals surface area (Å²) in [4.78, 5) is 0. The van der Waals surface area contributed by atoms with Crippen LogP contribution in [0.3, 0.4) is 0 Å². The first-order chi connectivity index (χ1) is 7.88. The van der Waals surface area contributed by atoms with Gasteiger partial charge in [-0.2, -0.15) is 0 Å². The fourth-order valence-electron chi connectivity index (χ4n) is 2.53. The SMILES string of the molecule is OCc1cccc2c1Cc1ccccc1C2. The predicted octanol–water partition coefficient (Wildman–Crippen LogP) is 2.67. The zero-order valence-corrected chi connectivity index (χ0v) is 9.11. The largest absolute Gasteiger partial charge is 0.392 e. The summed E-state index contributed by atoms with van der Waals surface area (Å²) < 4.78 is 0. The zero-order valence-electron chi connectivity index (χ0n) is 9.11. The van der Waals surface area contributed by atoms with Crippen molar-refractivity contribution in [3.63, 3.8) is 0 Å². The van der Waals surface area contributed by atoms with Crippen LogP contribution in [0.25, 0.3) is 0 Å². The van der Waals surface area contributed by atoms with Crippen LogP contribution in [0, 0.1) is 0 Å². The average Bonchev–Trinajstić information content (AvgIpc) is 2.35. The second-order valence-electron chi connectivity index (χ2n) is 4.34. The summed E-state index contributed by atoms with van der Waals surface area (Å²) >= 11 is 0. The third kappa shape index (κ3) is 1.44. The van der Waals surface area contributed by atoms with Crippen molar-refractivity contribution in [1.29, 1.82) is 0 Å². The van der Waals surface area contributed by atoms with E-state index in [4.69, 9.17) is 0 Å². The molecule has 0 amide bonds. The molecule has 1 nitrogen and oxygen atoms in total. The van der Waals surface area contributed by atoms with Crippen molar-refractivity contribution >= 4 is 0 Å². The molecule has 16 heavy (non-hydrogen) atoms. The van der Waals surface area contributed by atoms with Gasteiger partial charge in [-0.1, -0.05) is 42.5 Å². The van der Waals surface area contributed by atoms with Crippen molar-refractivity contribution in [1.82, 2.24) is 0 Å². The number of benzene rings is 2. The fraction of sp³-hybridized carbons (Fsp3) is 0.200. The topological polar surface area (TPSA) is 20.2 Å². The molecule has 0 atom stereocenters. The number of aliphatic hydroxyl groups is 1. The number of aliphatic hydroxyl groups excluding tert-OH is 1. The molecule has 0 aliphatic heterocycles. The fourth-order valence-corrected chi connectivity index (χ4v) is 2.53. The van der Waals surface area contributed by atoms with Crippen LogP contribution in [0.4, 0.5) is 0 Å². The Morgan fingerprint density at radius 3 is 2.25 bits per heavy atom. The monoisotopic (exact) mass is 210 g/mol. The second kappa shape index (κ2) is 3.76. The molecule has 0 heterocycles. The highest BCUT2D eigenvalue weighted by Crippen LogP contribution is 2.29. The average molecular weight is 210 g/mol. The van der Waals surface area contributed by atoms with Gasteiger partial charge in [0, 0.05) is 0 Å². The van der Waals surface area contributed by atoms with Gasteiger partial charge in [-0.05, 0) is 40.7 Å². The maximum atomic E-state index is 9.34. The minimum Gasteiger partial charge on any atom is -0.392 e. The van der Waals surface area contributed by atoms with Crippen molar-refractivity contribution in [3.05, 3.63) is 70.3 Å². The Morgan fingerprint density at radius 2 is 1.50 bits per heavy atom. The lowest BCUT2D eigenvalue weighted by atomic mass is 9.84. The van der Waals surface area contributed by atoms with Crippen molar-refractivity contribution in [2.45, 2.75) is 19.4 Å². The quantitative estimate of drug-likeness (QED) is 0.654. The van der Waals surface area contributed by atoms with Gasteiger partial charge in [-0.15, -0.1) is 0 Å². The Balaban J connectivity index is 2.12. The van der Waals surface area contributed by atoms with Crippen LogP contribution in [0.15, 0.2) is 42.5 Å². The zero-order chi connectivity index (χ0) is 11.0. The van der Waals surface area contributed by atoms with E-state index in [0.29, 0.717) is 0 Å². The first kappa shape index (κ1) is 9.61. The van der Waals surface area contributed by atoms with E-state index in [1.807, 2.05) is 12.1 Å². The molecule has 3 rings (SSSR count). The van der Waals surface area contributed by atoms with E-state index in [1.165, 1.54) is 22.3 Å². The number of fused-ring (bicyclic) bond motifs is 2. The van der Waals surface area contributed by atoms with Crippen molar-refractivity contribution in [2.75, 3.05) is 0 Å². The van der Waals surface area contributed by atoms with Gasteiger partial charge >= 0.3 is 0 Å². The molecule has 1 aliphatic carbocycles. The summed E-state index contributed by atoms with van der Waals surface area (Å²) in [7, 11) is 0. The van der Waals surface area contributed by atoms with E-state index in [-0.39, 0.29) is 6.61 Å². The second-order valence-corrected chi connectivity index (χ2v) is 4.34. The lowest BCUT2D eigenvalue weighted by molar-refractivity contribution is 0.280. The molecule has 0 saturated carbocycles. The van der Waals surface area contributed by atoms with Gasteiger partial charge in [0.2, 0.25) is 0 Å². The van der Waals surface area contributed by atoms with Gasteiger partial charge in [-0.3, -0.25) is 0 Å². The highest BCUT2D eigenvalue weighted by molar-refractivity contribution is 5.48. The molecule has 1 aliphatic rings. The number of hydrogen-bond donors (Lipinski definition) is 1. The summed E-state index contributed by atoms with van der Waals surface area (Å²) in [6.07, 6.45) is 1.96. The molecule has 0 saturated heterocycles. The van der Waals surface area contributed by atoms with Gasteiger partial charge in [0.05, 0.1) is 6.61 Å². The number of rotatable bonds is 1. The number of hydrogen-bond acceptors (Lipinski definition) is 1. The van der Waals surface area contributed by atoms with E-state index in [9.17, 15) is 5.11 Å². The first-order valence-corrected chi connectivity index (χ1v) is 5.66. The molecule has 0 unspecified atom stereocenters. The lowest BCUT2D eigenvalue weighted by Crippen LogP contribution is -2.09. The Kier molecular flexibility index (Phi) is 2.26. The third-order valence-corrected chi connectivity index (χ3v) is 3.41. The first-order valence-electron chi connectivity index (χ1n) is 5.66. The molecule has 0 aromatic heterocycles. The van der Waals surface area contributed by atoms with Gasteiger partial charge < -0.3 is 5.11 Å². The molecule has 1 N–H and O–H groups in total. The maximum absolute atomic E-state index is 9.34. The van der Waals surface area contributed by atoms with Crippen LogP contribution in [-0.2, 0) is 19.4 Å². The van der Waals surface area contributed by atoms with E-state index in [0.717, 1.165) is 18.4 Å². The van der Waals surface area contributed by atoms with Crippen LogP contribution in [0.1, 0.15) is 27.8 Å². The molecule has 2 aromatic rings. The van der Waals surface area contributed by atoms with Gasteiger partial charge in [0.15, 0.2) is 0 Å². The Morgan fingerprint density at radius 1 is 0.812 bits per heavy atom. The molecule has 2 aromatic carbocycles. The molecule has 1 heteroatoms. The summed E-state index contributed by atoms with van der Waals surface area (Å²) in [6, 6.07) is 14.8. The lowest BCUT2D eigenvalue weighted by Gasteiger charge is -2.21. The van der Waals surface area contributed by atoms with Gasteiger partial charge in [-0.25, -0.2) is 0 Å². The molecule has 0 radical (unpaired) electrons. The standard InChI is InChI=1S/C15H14O/c16-10-14-7-3-6-13-8-11-4-1-2-5-12(11)9-15(13)14/h1-7,16H,8-10H2. The smallest absolute Gasteiger partial charge is 0.0684 e. The van der Waals surface area contributed by atoms with Crippen molar-refractivity contribution < 1.29 is 5.11 Å². The molecule has 0 bridgehead atoms. The van der Waals surface area contributed by atoms with Gasteiger partial charge in [0.1, 0.15) is 0 Å². The molecule has 0 spiro atoms. The summed E-state index contributed by atoms with van der Waals surface area (Å²) in [6.45, 7) is 0.144. The van der Waals surface area contributed by atoms with E-state index in [2.05, 4.69) is 30.3 Å². The van der Waals surface area contributed by atoms with Crippen LogP contribution >= 0.6 is 0 Å². The van der Waals surface area contributed by atoms with Crippen LogP contribution < -0.4 is 0 Å². The van der Waals surface area contributed by atoms with Crippen molar-refractivity contribution in [3.8, 4) is 0 Å². The van der Waals surface area contributed by atoms with Crippen LogP contribution in [0.5, 0.6) is 0 Å². The van der Waals surface area contributed by atoms with Gasteiger partial charge in [0.25, 0.3) is 0 Å². The highest BCUT2D eigenvalue weighted by atomic mass is 16.3. The Labute approximate surface area is 95.4 Å².